The molecule has 4 aromatic rings. The lowest BCUT2D eigenvalue weighted by atomic mass is 9.91. The Labute approximate surface area is 260 Å². The molecule has 0 unspecified atom stereocenters. The SMILES string of the molecule is CCCCCCCOc1ccc(-c2cnc(-c3ccc(C[C@H](CC(=O)c4c(Cl)ccc(F)c4Cl)C(=O)O)cc3)nc2)cc1. The van der Waals surface area contributed by atoms with Crippen molar-refractivity contribution in [3.8, 4) is 28.3 Å². The third kappa shape index (κ3) is 8.85. The summed E-state index contributed by atoms with van der Waals surface area (Å²) in [5, 5.41) is 9.31. The molecule has 0 bridgehead atoms. The number of rotatable bonds is 15. The van der Waals surface area contributed by atoms with Crippen LogP contribution in [0.2, 0.25) is 10.0 Å². The zero-order chi connectivity index (χ0) is 30.8. The Bertz CT molecular complexity index is 1530. The number of halogens is 3. The molecule has 1 N–H and O–H groups in total. The van der Waals surface area contributed by atoms with Gasteiger partial charge in [-0.25, -0.2) is 14.4 Å². The molecule has 0 fully saturated rings. The van der Waals surface area contributed by atoms with E-state index in [4.69, 9.17) is 27.9 Å². The molecule has 3 aromatic carbocycles. The Morgan fingerprint density at radius 3 is 2.16 bits per heavy atom. The number of carbonyl (C=O) groups excluding carboxylic acids is 1. The first-order valence-corrected chi connectivity index (χ1v) is 15.1. The van der Waals surface area contributed by atoms with Crippen molar-refractivity contribution in [2.75, 3.05) is 6.61 Å². The van der Waals surface area contributed by atoms with Gasteiger partial charge in [-0.1, -0.05) is 92.2 Å². The van der Waals surface area contributed by atoms with E-state index in [0.29, 0.717) is 18.0 Å². The first kappa shape index (κ1) is 32.1. The number of ether oxygens (including phenoxy) is 1. The first-order chi connectivity index (χ1) is 20.8. The van der Waals surface area contributed by atoms with Gasteiger partial charge in [-0.2, -0.15) is 0 Å². The third-order valence-corrected chi connectivity index (χ3v) is 7.84. The number of benzene rings is 3. The number of aliphatic carboxylic acids is 1. The topological polar surface area (TPSA) is 89.4 Å². The van der Waals surface area contributed by atoms with Crippen molar-refractivity contribution in [1.29, 1.82) is 0 Å². The van der Waals surface area contributed by atoms with Gasteiger partial charge in [-0.3, -0.25) is 9.59 Å². The van der Waals surface area contributed by atoms with Crippen LogP contribution >= 0.6 is 23.2 Å². The average molecular weight is 624 g/mol. The second-order valence-corrected chi connectivity index (χ2v) is 11.1. The highest BCUT2D eigenvalue weighted by Crippen LogP contribution is 2.30. The number of nitrogens with zero attached hydrogens (tertiary/aromatic N) is 2. The molecule has 1 atom stereocenters. The second-order valence-electron chi connectivity index (χ2n) is 10.4. The maximum atomic E-state index is 13.9. The minimum atomic E-state index is -1.15. The van der Waals surface area contributed by atoms with E-state index in [9.17, 15) is 19.1 Å². The molecule has 0 radical (unpaired) electrons. The van der Waals surface area contributed by atoms with Crippen molar-refractivity contribution in [1.82, 2.24) is 9.97 Å². The lowest BCUT2D eigenvalue weighted by Crippen LogP contribution is -2.21. The average Bonchev–Trinajstić information content (AvgIpc) is 3.01. The highest BCUT2D eigenvalue weighted by atomic mass is 35.5. The van der Waals surface area contributed by atoms with Crippen molar-refractivity contribution in [3.63, 3.8) is 0 Å². The van der Waals surface area contributed by atoms with E-state index in [1.54, 1.807) is 36.7 Å². The number of carboxylic acid groups (broad SMARTS) is 1. The quantitative estimate of drug-likeness (QED) is 0.0807. The molecule has 0 spiro atoms. The highest BCUT2D eigenvalue weighted by Gasteiger charge is 2.26. The molecule has 4 rings (SSSR count). The van der Waals surface area contributed by atoms with E-state index in [1.165, 1.54) is 31.7 Å². The summed E-state index contributed by atoms with van der Waals surface area (Å²) < 4.78 is 19.7. The predicted molar refractivity (Wildman–Crippen MR) is 167 cm³/mol. The minimum Gasteiger partial charge on any atom is -0.494 e. The van der Waals surface area contributed by atoms with E-state index in [0.717, 1.165) is 34.9 Å². The molecule has 0 saturated carbocycles. The maximum absolute atomic E-state index is 13.9. The Balaban J connectivity index is 1.35. The summed E-state index contributed by atoms with van der Waals surface area (Å²) in [6, 6.07) is 17.3. The number of aromatic nitrogens is 2. The third-order valence-electron chi connectivity index (χ3n) is 7.15. The smallest absolute Gasteiger partial charge is 0.307 e. The fraction of sp³-hybridized carbons (Fsp3) is 0.294. The molecule has 6 nitrogen and oxygen atoms in total. The summed E-state index contributed by atoms with van der Waals surface area (Å²) >= 11 is 12.0. The van der Waals surface area contributed by atoms with E-state index in [1.807, 2.05) is 24.3 Å². The standard InChI is InChI=1S/C34H33Cl2FN2O4/c1-2-3-4-5-6-17-43-27-13-11-23(12-14-27)26-20-38-33(39-21-26)24-9-7-22(8-10-24)18-25(34(41)42)19-30(40)31-28(35)15-16-29(37)32(31)36/h7-16,20-21,25H,2-6,17-19H2,1H3,(H,41,42)/t25-/m1/s1. The van der Waals surface area contributed by atoms with Gasteiger partial charge in [0.2, 0.25) is 0 Å². The highest BCUT2D eigenvalue weighted by molar-refractivity contribution is 6.40. The second kappa shape index (κ2) is 15.6. The number of Topliss-reactive ketones (excluding diaryl/α,β-unsaturated/α-hetero) is 1. The molecule has 0 amide bonds. The molecule has 0 aliphatic carbocycles. The van der Waals surface area contributed by atoms with Crippen molar-refractivity contribution >= 4 is 35.0 Å². The number of hydrogen-bond donors (Lipinski definition) is 1. The Morgan fingerprint density at radius 1 is 0.860 bits per heavy atom. The molecule has 1 aromatic heterocycles. The van der Waals surface area contributed by atoms with Gasteiger partial charge in [0.15, 0.2) is 11.6 Å². The molecular weight excluding hydrogens is 590 g/mol. The summed E-state index contributed by atoms with van der Waals surface area (Å²) in [7, 11) is 0. The first-order valence-electron chi connectivity index (χ1n) is 14.3. The van der Waals surface area contributed by atoms with Crippen LogP contribution in [-0.4, -0.2) is 33.4 Å². The van der Waals surface area contributed by atoms with Gasteiger partial charge in [0.25, 0.3) is 0 Å². The molecule has 0 aliphatic rings. The lowest BCUT2D eigenvalue weighted by molar-refractivity contribution is -0.141. The summed E-state index contributed by atoms with van der Waals surface area (Å²) in [5.41, 5.74) is 3.12. The summed E-state index contributed by atoms with van der Waals surface area (Å²) in [5.74, 6) is -2.26. The van der Waals surface area contributed by atoms with Crippen molar-refractivity contribution < 1.29 is 23.8 Å². The molecule has 9 heteroatoms. The van der Waals surface area contributed by atoms with Crippen LogP contribution in [0.25, 0.3) is 22.5 Å². The van der Waals surface area contributed by atoms with Crippen molar-refractivity contribution in [2.45, 2.75) is 51.9 Å². The van der Waals surface area contributed by atoms with Gasteiger partial charge in [-0.05, 0) is 48.2 Å². The van der Waals surface area contributed by atoms with Crippen LogP contribution in [0.5, 0.6) is 5.75 Å². The largest absolute Gasteiger partial charge is 0.494 e. The number of ketones is 1. The lowest BCUT2D eigenvalue weighted by Gasteiger charge is -2.14. The molecule has 224 valence electrons. The Kier molecular flexibility index (Phi) is 11.6. The number of carbonyl (C=O) groups is 2. The monoisotopic (exact) mass is 622 g/mol. The van der Waals surface area contributed by atoms with E-state index in [2.05, 4.69) is 16.9 Å². The van der Waals surface area contributed by atoms with Gasteiger partial charge in [0.05, 0.1) is 28.1 Å². The zero-order valence-corrected chi connectivity index (χ0v) is 25.4. The van der Waals surface area contributed by atoms with Crippen LogP contribution < -0.4 is 4.74 Å². The van der Waals surface area contributed by atoms with Crippen LogP contribution in [-0.2, 0) is 11.2 Å². The number of hydrogen-bond acceptors (Lipinski definition) is 5. The summed E-state index contributed by atoms with van der Waals surface area (Å²) in [6.07, 6.45) is 9.21. The molecule has 0 aliphatic heterocycles. The van der Waals surface area contributed by atoms with Gasteiger partial charge < -0.3 is 9.84 Å². The van der Waals surface area contributed by atoms with Crippen LogP contribution in [0.1, 0.15) is 61.4 Å². The van der Waals surface area contributed by atoms with E-state index in [-0.39, 0.29) is 23.4 Å². The van der Waals surface area contributed by atoms with Crippen LogP contribution in [0.4, 0.5) is 4.39 Å². The fourth-order valence-electron chi connectivity index (χ4n) is 4.70. The summed E-state index contributed by atoms with van der Waals surface area (Å²) in [4.78, 5) is 33.7. The summed E-state index contributed by atoms with van der Waals surface area (Å²) in [6.45, 7) is 2.92. The maximum Gasteiger partial charge on any atom is 0.307 e. The molecular formula is C34H33Cl2FN2O4. The zero-order valence-electron chi connectivity index (χ0n) is 23.9. The molecule has 1 heterocycles. The molecule has 0 saturated heterocycles. The Morgan fingerprint density at radius 2 is 1.51 bits per heavy atom. The fourth-order valence-corrected chi connectivity index (χ4v) is 5.28. The minimum absolute atomic E-state index is 0.0227. The number of unbranched alkanes of at least 4 members (excludes halogenated alkanes) is 4. The number of carboxylic acids is 1. The van der Waals surface area contributed by atoms with Gasteiger partial charge in [0.1, 0.15) is 11.6 Å². The van der Waals surface area contributed by atoms with Gasteiger partial charge in [-0.15, -0.1) is 0 Å². The van der Waals surface area contributed by atoms with Crippen LogP contribution in [0.15, 0.2) is 73.1 Å². The van der Waals surface area contributed by atoms with E-state index >= 15 is 0 Å². The van der Waals surface area contributed by atoms with Gasteiger partial charge >= 0.3 is 5.97 Å². The van der Waals surface area contributed by atoms with Crippen molar-refractivity contribution in [2.24, 2.45) is 5.92 Å². The van der Waals surface area contributed by atoms with Crippen LogP contribution in [0.3, 0.4) is 0 Å². The molecule has 43 heavy (non-hydrogen) atoms. The predicted octanol–water partition coefficient (Wildman–Crippen LogP) is 9.12. The Hall–Kier alpha value is -3.81. The van der Waals surface area contributed by atoms with Gasteiger partial charge in [0, 0.05) is 29.9 Å². The van der Waals surface area contributed by atoms with Crippen molar-refractivity contribution in [3.05, 3.63) is 100 Å². The van der Waals surface area contributed by atoms with Crippen LogP contribution in [0, 0.1) is 11.7 Å². The van der Waals surface area contributed by atoms with E-state index < -0.39 is 28.5 Å². The normalized spacial score (nSPS) is 11.7.